The molecule has 3 heterocycles. The van der Waals surface area contributed by atoms with Crippen LogP contribution in [0, 0.1) is 0 Å². The van der Waals surface area contributed by atoms with Gasteiger partial charge in [0.25, 0.3) is 11.1 Å². The summed E-state index contributed by atoms with van der Waals surface area (Å²) in [4.78, 5) is 38.1. The third-order valence-corrected chi connectivity index (χ3v) is 6.39. The highest BCUT2D eigenvalue weighted by molar-refractivity contribution is 8.18. The minimum Gasteiger partial charge on any atom is -0.347 e. The van der Waals surface area contributed by atoms with Crippen molar-refractivity contribution in [3.63, 3.8) is 0 Å². The van der Waals surface area contributed by atoms with E-state index in [1.807, 2.05) is 17.5 Å². The van der Waals surface area contributed by atoms with Crippen molar-refractivity contribution in [3.05, 3.63) is 38.8 Å². The lowest BCUT2D eigenvalue weighted by Gasteiger charge is -2.14. The monoisotopic (exact) mass is 384 g/mol. The van der Waals surface area contributed by atoms with Gasteiger partial charge in [-0.3, -0.25) is 19.3 Å². The number of rotatable bonds is 4. The van der Waals surface area contributed by atoms with Gasteiger partial charge in [0.05, 0.1) is 16.7 Å². The number of sulfone groups is 1. The minimum absolute atomic E-state index is 0.209. The molecule has 2 aliphatic rings. The predicted molar refractivity (Wildman–Crippen MR) is 91.9 cm³/mol. The molecule has 1 aromatic heterocycles. The van der Waals surface area contributed by atoms with Crippen LogP contribution < -0.4 is 5.32 Å². The van der Waals surface area contributed by atoms with Crippen molar-refractivity contribution in [1.29, 1.82) is 0 Å². The fraction of sp³-hybridized carbons (Fsp3) is 0.214. The van der Waals surface area contributed by atoms with Crippen molar-refractivity contribution in [2.75, 3.05) is 12.3 Å². The van der Waals surface area contributed by atoms with Gasteiger partial charge in [0.1, 0.15) is 6.54 Å². The van der Waals surface area contributed by atoms with E-state index in [-0.39, 0.29) is 10.7 Å². The first kappa shape index (κ1) is 16.9. The van der Waals surface area contributed by atoms with Crippen LogP contribution >= 0.6 is 23.1 Å². The Kier molecular flexibility index (Phi) is 4.61. The molecule has 0 spiro atoms. The molecule has 1 fully saturated rings. The second kappa shape index (κ2) is 6.54. The number of amides is 3. The number of thioether (sulfide) groups is 1. The molecule has 3 rings (SSSR count). The molecule has 24 heavy (non-hydrogen) atoms. The highest BCUT2D eigenvalue weighted by Crippen LogP contribution is 2.32. The zero-order valence-corrected chi connectivity index (χ0v) is 14.6. The van der Waals surface area contributed by atoms with Gasteiger partial charge in [-0.15, -0.1) is 11.3 Å². The Bertz CT molecular complexity index is 855. The van der Waals surface area contributed by atoms with Gasteiger partial charge in [-0.1, -0.05) is 6.07 Å². The highest BCUT2D eigenvalue weighted by atomic mass is 32.2. The molecule has 0 saturated carbocycles. The number of hydrogen-bond acceptors (Lipinski definition) is 7. The Hall–Kier alpha value is -1.91. The molecule has 1 unspecified atom stereocenters. The van der Waals surface area contributed by atoms with E-state index in [1.54, 1.807) is 6.08 Å². The smallest absolute Gasteiger partial charge is 0.294 e. The number of carbonyl (C=O) groups excluding carboxylic acids is 3. The van der Waals surface area contributed by atoms with E-state index in [1.165, 1.54) is 17.4 Å². The molecule has 3 amide bonds. The first-order valence-corrected chi connectivity index (χ1v) is 10.2. The third kappa shape index (κ3) is 3.77. The Morgan fingerprint density at radius 3 is 2.83 bits per heavy atom. The molecule has 126 valence electrons. The quantitative estimate of drug-likeness (QED) is 0.783. The molecular formula is C14H12N2O5S3. The van der Waals surface area contributed by atoms with Crippen LogP contribution in [-0.2, 0) is 19.4 Å². The van der Waals surface area contributed by atoms with E-state index < -0.39 is 39.5 Å². The average Bonchev–Trinajstić information content (AvgIpc) is 3.17. The van der Waals surface area contributed by atoms with Gasteiger partial charge in [-0.25, -0.2) is 8.42 Å². The first-order valence-electron chi connectivity index (χ1n) is 6.83. The molecule has 7 nitrogen and oxygen atoms in total. The number of hydrogen-bond donors (Lipinski definition) is 1. The molecule has 0 bridgehead atoms. The summed E-state index contributed by atoms with van der Waals surface area (Å²) in [5.74, 6) is -1.32. The molecule has 1 N–H and O–H groups in total. The normalized spacial score (nSPS) is 24.1. The summed E-state index contributed by atoms with van der Waals surface area (Å²) < 4.78 is 22.6. The van der Waals surface area contributed by atoms with Crippen LogP contribution in [0.15, 0.2) is 33.9 Å². The summed E-state index contributed by atoms with van der Waals surface area (Å²) >= 11 is 2.21. The maximum Gasteiger partial charge on any atom is 0.294 e. The summed E-state index contributed by atoms with van der Waals surface area (Å²) in [6.07, 6.45) is 2.98. The van der Waals surface area contributed by atoms with Gasteiger partial charge in [-0.2, -0.15) is 0 Å². The topological polar surface area (TPSA) is 101 Å². The number of nitrogens with one attached hydrogen (secondary N) is 1. The Morgan fingerprint density at radius 1 is 1.42 bits per heavy atom. The summed E-state index contributed by atoms with van der Waals surface area (Å²) in [5.41, 5.74) is 0. The zero-order valence-electron chi connectivity index (χ0n) is 12.2. The maximum atomic E-state index is 12.2. The van der Waals surface area contributed by atoms with E-state index in [0.717, 1.165) is 26.9 Å². The van der Waals surface area contributed by atoms with Gasteiger partial charge >= 0.3 is 0 Å². The van der Waals surface area contributed by atoms with E-state index in [4.69, 9.17) is 0 Å². The molecule has 1 saturated heterocycles. The molecule has 0 aromatic carbocycles. The van der Waals surface area contributed by atoms with E-state index >= 15 is 0 Å². The predicted octanol–water partition coefficient (Wildman–Crippen LogP) is 1.21. The van der Waals surface area contributed by atoms with Gasteiger partial charge in [0.15, 0.2) is 9.84 Å². The Labute approximate surface area is 146 Å². The lowest BCUT2D eigenvalue weighted by Crippen LogP contribution is -2.43. The summed E-state index contributed by atoms with van der Waals surface area (Å²) in [5, 5.41) is 4.86. The molecule has 0 aliphatic carbocycles. The highest BCUT2D eigenvalue weighted by Gasteiger charge is 2.36. The largest absolute Gasteiger partial charge is 0.347 e. The Balaban J connectivity index is 1.63. The van der Waals surface area contributed by atoms with Gasteiger partial charge in [-0.05, 0) is 35.4 Å². The van der Waals surface area contributed by atoms with E-state index in [0.29, 0.717) is 0 Å². The van der Waals surface area contributed by atoms with Crippen LogP contribution in [0.25, 0.3) is 6.08 Å². The van der Waals surface area contributed by atoms with Gasteiger partial charge in [0, 0.05) is 10.3 Å². The van der Waals surface area contributed by atoms with Crippen molar-refractivity contribution in [1.82, 2.24) is 10.2 Å². The number of thiophene rings is 1. The minimum atomic E-state index is -3.28. The SMILES string of the molecule is O=C(CN1C(=O)SC(=Cc2cccs2)C1=O)NC1C=CS(=O)(=O)C1. The lowest BCUT2D eigenvalue weighted by molar-refractivity contribution is -0.129. The molecular weight excluding hydrogens is 372 g/mol. The summed E-state index contributed by atoms with van der Waals surface area (Å²) in [7, 11) is -3.28. The van der Waals surface area contributed by atoms with Crippen molar-refractivity contribution < 1.29 is 22.8 Å². The lowest BCUT2D eigenvalue weighted by atomic mass is 10.3. The van der Waals surface area contributed by atoms with Crippen molar-refractivity contribution >= 4 is 56.1 Å². The van der Waals surface area contributed by atoms with Gasteiger partial charge < -0.3 is 5.32 Å². The first-order chi connectivity index (χ1) is 11.3. The average molecular weight is 384 g/mol. The second-order valence-electron chi connectivity index (χ2n) is 5.12. The van der Waals surface area contributed by atoms with Crippen LogP contribution in [0.5, 0.6) is 0 Å². The standard InChI is InChI=1S/C14H12N2O5S3/c17-12(15-9-3-5-24(20,21)8-9)7-16-13(18)11(23-14(16)19)6-10-2-1-4-22-10/h1-6,9H,7-8H2,(H,15,17). The van der Waals surface area contributed by atoms with Crippen molar-refractivity contribution in [3.8, 4) is 0 Å². The maximum absolute atomic E-state index is 12.2. The third-order valence-electron chi connectivity index (χ3n) is 3.27. The number of carbonyl (C=O) groups is 3. The second-order valence-corrected chi connectivity index (χ2v) is 9.02. The fourth-order valence-corrected chi connectivity index (χ4v) is 5.00. The number of nitrogens with zero attached hydrogens (tertiary/aromatic N) is 1. The number of imide groups is 1. The molecule has 1 atom stereocenters. The van der Waals surface area contributed by atoms with Crippen molar-refractivity contribution in [2.24, 2.45) is 0 Å². The van der Waals surface area contributed by atoms with Crippen LogP contribution in [0.4, 0.5) is 4.79 Å². The van der Waals surface area contributed by atoms with Crippen molar-refractivity contribution in [2.45, 2.75) is 6.04 Å². The van der Waals surface area contributed by atoms with E-state index in [2.05, 4.69) is 5.32 Å². The fourth-order valence-electron chi connectivity index (χ4n) is 2.20. The Morgan fingerprint density at radius 2 is 2.21 bits per heavy atom. The van der Waals surface area contributed by atoms with E-state index in [9.17, 15) is 22.8 Å². The van der Waals surface area contributed by atoms with Crippen LogP contribution in [0.3, 0.4) is 0 Å². The summed E-state index contributed by atoms with van der Waals surface area (Å²) in [6, 6.07) is 3.01. The zero-order chi connectivity index (χ0) is 17.3. The van der Waals surface area contributed by atoms with Crippen LogP contribution in [0.1, 0.15) is 4.88 Å². The van der Waals surface area contributed by atoms with Gasteiger partial charge in [0.2, 0.25) is 5.91 Å². The molecule has 1 aromatic rings. The molecule has 10 heteroatoms. The molecule has 0 radical (unpaired) electrons. The summed E-state index contributed by atoms with van der Waals surface area (Å²) in [6.45, 7) is -0.434. The molecule has 2 aliphatic heterocycles. The van der Waals surface area contributed by atoms with Crippen LogP contribution in [0.2, 0.25) is 0 Å². The van der Waals surface area contributed by atoms with Crippen LogP contribution in [-0.4, -0.2) is 48.7 Å².